The van der Waals surface area contributed by atoms with Crippen molar-refractivity contribution < 1.29 is 9.90 Å². The average molecular weight is 168 g/mol. The number of carboxylic acids is 1. The third kappa shape index (κ3) is 1.47. The minimum Gasteiger partial charge on any atom is -0.477 e. The van der Waals surface area contributed by atoms with Crippen LogP contribution in [0, 0.1) is 0 Å². The zero-order valence-electron chi connectivity index (χ0n) is 7.40. The monoisotopic (exact) mass is 168 g/mol. The van der Waals surface area contributed by atoms with E-state index in [1.807, 2.05) is 20.8 Å². The van der Waals surface area contributed by atoms with Crippen LogP contribution in [-0.2, 0) is 5.54 Å². The number of imidazole rings is 1. The lowest BCUT2D eigenvalue weighted by molar-refractivity contribution is 0.0678. The normalized spacial score (nSPS) is 11.6. The minimum absolute atomic E-state index is 0.225. The van der Waals surface area contributed by atoms with Crippen LogP contribution < -0.4 is 0 Å². The van der Waals surface area contributed by atoms with Crippen LogP contribution in [0.15, 0.2) is 12.5 Å². The number of carboxylic acid groups (broad SMARTS) is 1. The van der Waals surface area contributed by atoms with Crippen LogP contribution in [0.4, 0.5) is 0 Å². The van der Waals surface area contributed by atoms with Crippen LogP contribution in [0.5, 0.6) is 0 Å². The van der Waals surface area contributed by atoms with Gasteiger partial charge in [0.05, 0.1) is 12.5 Å². The fourth-order valence-electron chi connectivity index (χ4n) is 0.988. The second-order valence-electron chi connectivity index (χ2n) is 3.62. The largest absolute Gasteiger partial charge is 0.477 e. The van der Waals surface area contributed by atoms with Crippen molar-refractivity contribution in [2.24, 2.45) is 0 Å². The maximum atomic E-state index is 10.7. The summed E-state index contributed by atoms with van der Waals surface area (Å²) in [5, 5.41) is 8.76. The van der Waals surface area contributed by atoms with E-state index in [0.29, 0.717) is 0 Å². The van der Waals surface area contributed by atoms with Crippen molar-refractivity contribution in [2.45, 2.75) is 26.3 Å². The summed E-state index contributed by atoms with van der Waals surface area (Å²) in [6.07, 6.45) is 2.89. The van der Waals surface area contributed by atoms with Gasteiger partial charge in [0.1, 0.15) is 5.69 Å². The smallest absolute Gasteiger partial charge is 0.354 e. The zero-order chi connectivity index (χ0) is 9.35. The van der Waals surface area contributed by atoms with Crippen LogP contribution in [0.25, 0.3) is 0 Å². The molecule has 0 aromatic carbocycles. The van der Waals surface area contributed by atoms with E-state index in [9.17, 15) is 4.79 Å². The van der Waals surface area contributed by atoms with Crippen molar-refractivity contribution >= 4 is 5.97 Å². The van der Waals surface area contributed by atoms with E-state index in [4.69, 9.17) is 5.11 Å². The van der Waals surface area contributed by atoms with Crippen LogP contribution in [-0.4, -0.2) is 20.6 Å². The van der Waals surface area contributed by atoms with Crippen molar-refractivity contribution in [1.29, 1.82) is 0 Å². The fourth-order valence-corrected chi connectivity index (χ4v) is 0.988. The summed E-state index contributed by atoms with van der Waals surface area (Å²) in [7, 11) is 0. The van der Waals surface area contributed by atoms with Gasteiger partial charge in [0.2, 0.25) is 0 Å². The van der Waals surface area contributed by atoms with Gasteiger partial charge in [-0.05, 0) is 20.8 Å². The summed E-state index contributed by atoms with van der Waals surface area (Å²) in [6.45, 7) is 5.80. The number of nitrogens with zero attached hydrogens (tertiary/aromatic N) is 2. The second-order valence-corrected chi connectivity index (χ2v) is 3.62. The van der Waals surface area contributed by atoms with Gasteiger partial charge in [-0.3, -0.25) is 0 Å². The molecule has 0 bridgehead atoms. The first-order valence-electron chi connectivity index (χ1n) is 3.69. The molecule has 12 heavy (non-hydrogen) atoms. The Labute approximate surface area is 70.9 Å². The number of hydrogen-bond donors (Lipinski definition) is 1. The molecule has 1 heterocycles. The number of aromatic carboxylic acids is 1. The predicted molar refractivity (Wildman–Crippen MR) is 44.2 cm³/mol. The highest BCUT2D eigenvalue weighted by Gasteiger charge is 2.19. The molecule has 0 spiro atoms. The molecule has 0 atom stereocenters. The Morgan fingerprint density at radius 2 is 2.17 bits per heavy atom. The Balaban J connectivity index is 3.17. The van der Waals surface area contributed by atoms with Gasteiger partial charge >= 0.3 is 5.97 Å². The van der Waals surface area contributed by atoms with Gasteiger partial charge in [-0.15, -0.1) is 0 Å². The first-order chi connectivity index (χ1) is 5.43. The molecule has 0 radical (unpaired) electrons. The summed E-state index contributed by atoms with van der Waals surface area (Å²) in [5.74, 6) is -0.942. The standard InChI is InChI=1S/C8H12N2O2/c1-8(2,3)10-5-9-4-6(10)7(11)12/h4-5H,1-3H3,(H,11,12). The Kier molecular flexibility index (Phi) is 1.92. The van der Waals surface area contributed by atoms with Crippen molar-refractivity contribution in [3.8, 4) is 0 Å². The van der Waals surface area contributed by atoms with Crippen molar-refractivity contribution in [3.63, 3.8) is 0 Å². The van der Waals surface area contributed by atoms with Gasteiger partial charge in [-0.2, -0.15) is 0 Å². The van der Waals surface area contributed by atoms with E-state index in [-0.39, 0.29) is 11.2 Å². The molecule has 0 fully saturated rings. The van der Waals surface area contributed by atoms with Gasteiger partial charge in [0, 0.05) is 5.54 Å². The Bertz CT molecular complexity index is 296. The van der Waals surface area contributed by atoms with E-state index >= 15 is 0 Å². The molecule has 0 aliphatic rings. The molecule has 0 aliphatic carbocycles. The van der Waals surface area contributed by atoms with E-state index in [1.54, 1.807) is 4.57 Å². The first kappa shape index (κ1) is 8.77. The summed E-state index contributed by atoms with van der Waals surface area (Å²) >= 11 is 0. The average Bonchev–Trinajstić information content (AvgIpc) is 2.30. The van der Waals surface area contributed by atoms with Crippen molar-refractivity contribution in [3.05, 3.63) is 18.2 Å². The van der Waals surface area contributed by atoms with Gasteiger partial charge in [0.25, 0.3) is 0 Å². The molecule has 0 amide bonds. The molecule has 0 unspecified atom stereocenters. The Morgan fingerprint density at radius 1 is 1.58 bits per heavy atom. The van der Waals surface area contributed by atoms with Crippen LogP contribution >= 0.6 is 0 Å². The maximum Gasteiger partial charge on any atom is 0.354 e. The van der Waals surface area contributed by atoms with E-state index < -0.39 is 5.97 Å². The number of carbonyl (C=O) groups is 1. The molecule has 1 aromatic rings. The van der Waals surface area contributed by atoms with Gasteiger partial charge in [-0.1, -0.05) is 0 Å². The SMILES string of the molecule is CC(C)(C)n1cncc1C(=O)O. The van der Waals surface area contributed by atoms with E-state index in [1.165, 1.54) is 12.5 Å². The molecule has 1 N–H and O–H groups in total. The van der Waals surface area contributed by atoms with Crippen LogP contribution in [0.2, 0.25) is 0 Å². The zero-order valence-corrected chi connectivity index (χ0v) is 7.40. The lowest BCUT2D eigenvalue weighted by Crippen LogP contribution is -2.24. The summed E-state index contributed by atoms with van der Waals surface area (Å²) < 4.78 is 1.63. The molecule has 4 nitrogen and oxygen atoms in total. The Hall–Kier alpha value is -1.32. The number of aromatic nitrogens is 2. The molecule has 66 valence electrons. The predicted octanol–water partition coefficient (Wildman–Crippen LogP) is 1.34. The number of hydrogen-bond acceptors (Lipinski definition) is 2. The van der Waals surface area contributed by atoms with Gasteiger partial charge in [-0.25, -0.2) is 9.78 Å². The molecular weight excluding hydrogens is 156 g/mol. The lowest BCUT2D eigenvalue weighted by Gasteiger charge is -2.21. The van der Waals surface area contributed by atoms with Crippen molar-refractivity contribution in [1.82, 2.24) is 9.55 Å². The third-order valence-corrected chi connectivity index (χ3v) is 1.58. The highest BCUT2D eigenvalue weighted by atomic mass is 16.4. The highest BCUT2D eigenvalue weighted by Crippen LogP contribution is 2.15. The summed E-state index contributed by atoms with van der Waals surface area (Å²) in [6, 6.07) is 0. The minimum atomic E-state index is -0.942. The molecule has 4 heteroatoms. The Morgan fingerprint density at radius 3 is 2.50 bits per heavy atom. The summed E-state index contributed by atoms with van der Waals surface area (Å²) in [4.78, 5) is 14.5. The molecular formula is C8H12N2O2. The molecule has 1 aromatic heterocycles. The maximum absolute atomic E-state index is 10.7. The molecule has 0 saturated carbocycles. The summed E-state index contributed by atoms with van der Waals surface area (Å²) in [5.41, 5.74) is -0.00738. The van der Waals surface area contributed by atoms with Gasteiger partial charge < -0.3 is 9.67 Å². The number of rotatable bonds is 1. The molecule has 1 rings (SSSR count). The van der Waals surface area contributed by atoms with Crippen molar-refractivity contribution in [2.75, 3.05) is 0 Å². The first-order valence-corrected chi connectivity index (χ1v) is 3.69. The lowest BCUT2D eigenvalue weighted by atomic mass is 10.1. The van der Waals surface area contributed by atoms with E-state index in [2.05, 4.69) is 4.98 Å². The third-order valence-electron chi connectivity index (χ3n) is 1.58. The van der Waals surface area contributed by atoms with Gasteiger partial charge in [0.15, 0.2) is 0 Å². The second kappa shape index (κ2) is 2.62. The highest BCUT2D eigenvalue weighted by molar-refractivity contribution is 5.85. The van der Waals surface area contributed by atoms with E-state index in [0.717, 1.165) is 0 Å². The van der Waals surface area contributed by atoms with Crippen LogP contribution in [0.1, 0.15) is 31.3 Å². The molecule has 0 aliphatic heterocycles. The topological polar surface area (TPSA) is 55.1 Å². The fraction of sp³-hybridized carbons (Fsp3) is 0.500. The quantitative estimate of drug-likeness (QED) is 0.688. The van der Waals surface area contributed by atoms with Crippen LogP contribution in [0.3, 0.4) is 0 Å². The molecule has 0 saturated heterocycles.